The number of hydrogen-bond acceptors (Lipinski definition) is 3. The van der Waals surface area contributed by atoms with Crippen molar-refractivity contribution < 1.29 is 14.6 Å². The lowest BCUT2D eigenvalue weighted by atomic mass is 9.94. The van der Waals surface area contributed by atoms with Crippen LogP contribution in [0.25, 0.3) is 11.1 Å². The first-order valence-electron chi connectivity index (χ1n) is 9.78. The van der Waals surface area contributed by atoms with Crippen LogP contribution in [0.2, 0.25) is 5.02 Å². The minimum Gasteiger partial charge on any atom is -0.478 e. The van der Waals surface area contributed by atoms with Crippen LogP contribution in [0.15, 0.2) is 85.3 Å². The van der Waals surface area contributed by atoms with E-state index in [2.05, 4.69) is 4.98 Å². The number of halogens is 1. The molecule has 1 atom stereocenters. The molecule has 1 heterocycles. The van der Waals surface area contributed by atoms with Gasteiger partial charge in [-0.1, -0.05) is 66.2 Å². The average Bonchev–Trinajstić information content (AvgIpc) is 3.20. The minimum absolute atomic E-state index is 0.184. The number of benzene rings is 3. The summed E-state index contributed by atoms with van der Waals surface area (Å²) >= 11 is 6.40. The van der Waals surface area contributed by atoms with Gasteiger partial charge in [0.05, 0.1) is 30.4 Å². The number of ether oxygens (including phenoxy) is 1. The van der Waals surface area contributed by atoms with Crippen LogP contribution in [0.1, 0.15) is 33.3 Å². The highest BCUT2D eigenvalue weighted by molar-refractivity contribution is 6.33. The molecule has 1 unspecified atom stereocenters. The fourth-order valence-electron chi connectivity index (χ4n) is 3.54. The van der Waals surface area contributed by atoms with Gasteiger partial charge in [-0.05, 0) is 34.9 Å². The van der Waals surface area contributed by atoms with Crippen LogP contribution in [0.3, 0.4) is 0 Å². The fraction of sp³-hybridized carbons (Fsp3) is 0.120. The van der Waals surface area contributed by atoms with Gasteiger partial charge in [-0.25, -0.2) is 9.78 Å². The minimum atomic E-state index is -1.01. The number of hydrogen-bond donors (Lipinski definition) is 1. The number of aryl methyl sites for hydroxylation is 1. The van der Waals surface area contributed by atoms with Crippen molar-refractivity contribution in [3.8, 4) is 11.1 Å². The maximum atomic E-state index is 11.9. The van der Waals surface area contributed by atoms with E-state index in [1.54, 1.807) is 30.7 Å². The van der Waals surface area contributed by atoms with Gasteiger partial charge in [-0.15, -0.1) is 0 Å². The van der Waals surface area contributed by atoms with Crippen LogP contribution < -0.4 is 0 Å². The van der Waals surface area contributed by atoms with Crippen molar-refractivity contribution in [2.45, 2.75) is 12.7 Å². The van der Waals surface area contributed by atoms with Crippen LogP contribution in [-0.2, 0) is 18.4 Å². The van der Waals surface area contributed by atoms with Gasteiger partial charge < -0.3 is 14.4 Å². The number of aromatic carboxylic acids is 1. The number of carboxylic acid groups (broad SMARTS) is 1. The van der Waals surface area contributed by atoms with Crippen LogP contribution in [0, 0.1) is 0 Å². The summed E-state index contributed by atoms with van der Waals surface area (Å²) in [5.41, 5.74) is 4.12. The second-order valence-electron chi connectivity index (χ2n) is 7.20. The normalized spacial score (nSPS) is 11.9. The molecule has 0 fully saturated rings. The molecule has 4 aromatic rings. The molecule has 0 aliphatic heterocycles. The van der Waals surface area contributed by atoms with Gasteiger partial charge in [0.1, 0.15) is 6.10 Å². The summed E-state index contributed by atoms with van der Waals surface area (Å²) in [5, 5.41) is 10.2. The first-order chi connectivity index (χ1) is 15.0. The summed E-state index contributed by atoms with van der Waals surface area (Å²) in [5.74, 6) is -1.01. The molecule has 31 heavy (non-hydrogen) atoms. The Hall–Kier alpha value is -3.41. The van der Waals surface area contributed by atoms with Gasteiger partial charge in [0.25, 0.3) is 0 Å². The lowest BCUT2D eigenvalue weighted by molar-refractivity contribution is 0.0620. The molecule has 0 saturated heterocycles. The van der Waals surface area contributed by atoms with Crippen molar-refractivity contribution in [1.29, 1.82) is 0 Å². The first-order valence-corrected chi connectivity index (χ1v) is 10.2. The van der Waals surface area contributed by atoms with Gasteiger partial charge in [0, 0.05) is 17.6 Å². The first kappa shape index (κ1) is 20.8. The van der Waals surface area contributed by atoms with Gasteiger partial charge in [0.15, 0.2) is 0 Å². The molecule has 3 aromatic carbocycles. The summed E-state index contributed by atoms with van der Waals surface area (Å²) in [6, 6.07) is 22.4. The van der Waals surface area contributed by atoms with Crippen LogP contribution in [-0.4, -0.2) is 20.6 Å². The maximum absolute atomic E-state index is 11.9. The largest absolute Gasteiger partial charge is 0.478 e. The van der Waals surface area contributed by atoms with Crippen LogP contribution in [0.5, 0.6) is 0 Å². The molecule has 0 aliphatic carbocycles. The lowest BCUT2D eigenvalue weighted by Crippen LogP contribution is -2.11. The zero-order chi connectivity index (χ0) is 21.8. The highest BCUT2D eigenvalue weighted by Gasteiger charge is 2.22. The number of imidazole rings is 1. The summed E-state index contributed by atoms with van der Waals surface area (Å²) < 4.78 is 8.22. The predicted molar refractivity (Wildman–Crippen MR) is 120 cm³/mol. The van der Waals surface area contributed by atoms with E-state index in [9.17, 15) is 9.90 Å². The third-order valence-corrected chi connectivity index (χ3v) is 5.45. The molecule has 0 radical (unpaired) electrons. The molecule has 5 nitrogen and oxygen atoms in total. The van der Waals surface area contributed by atoms with Crippen LogP contribution in [0.4, 0.5) is 0 Å². The van der Waals surface area contributed by atoms with E-state index in [0.717, 1.165) is 16.8 Å². The van der Waals surface area contributed by atoms with Crippen LogP contribution >= 0.6 is 11.6 Å². The van der Waals surface area contributed by atoms with E-state index < -0.39 is 12.1 Å². The Morgan fingerprint density at radius 3 is 2.48 bits per heavy atom. The predicted octanol–water partition coefficient (Wildman–Crippen LogP) is 5.74. The molecular weight excluding hydrogens is 412 g/mol. The summed E-state index contributed by atoms with van der Waals surface area (Å²) in [6.45, 7) is 0.402. The Kier molecular flexibility index (Phi) is 6.16. The van der Waals surface area contributed by atoms with Crippen molar-refractivity contribution in [2.24, 2.45) is 7.05 Å². The molecule has 156 valence electrons. The SMILES string of the molecule is Cn1cncc1C(OCc1ccccc1)c1ccc(C(=O)O)c(-c2ccccc2Cl)c1. The topological polar surface area (TPSA) is 64.4 Å². The Balaban J connectivity index is 1.79. The maximum Gasteiger partial charge on any atom is 0.336 e. The molecule has 0 spiro atoms. The lowest BCUT2D eigenvalue weighted by Gasteiger charge is -2.21. The molecule has 1 aromatic heterocycles. The highest BCUT2D eigenvalue weighted by atomic mass is 35.5. The summed E-state index contributed by atoms with van der Waals surface area (Å²) in [6.07, 6.45) is 3.04. The van der Waals surface area contributed by atoms with Crippen molar-refractivity contribution in [2.75, 3.05) is 0 Å². The molecule has 0 amide bonds. The molecule has 0 bridgehead atoms. The molecule has 0 aliphatic rings. The third kappa shape index (κ3) is 4.53. The standard InChI is InChI=1S/C25H21ClN2O3/c1-28-16-27-14-23(28)24(31-15-17-7-3-2-4-8-17)18-11-12-20(25(29)30)21(13-18)19-9-5-6-10-22(19)26/h2-14,16,24H,15H2,1H3,(H,29,30). The zero-order valence-electron chi connectivity index (χ0n) is 16.9. The zero-order valence-corrected chi connectivity index (χ0v) is 17.7. The van der Waals surface area contributed by atoms with E-state index in [0.29, 0.717) is 22.8 Å². The number of carbonyl (C=O) groups is 1. The molecule has 0 saturated carbocycles. The van der Waals surface area contributed by atoms with E-state index in [1.807, 2.05) is 66.2 Å². The van der Waals surface area contributed by atoms with E-state index in [-0.39, 0.29) is 5.56 Å². The van der Waals surface area contributed by atoms with Gasteiger partial charge in [-0.3, -0.25) is 0 Å². The average molecular weight is 433 g/mol. The van der Waals surface area contributed by atoms with E-state index >= 15 is 0 Å². The molecule has 6 heteroatoms. The third-order valence-electron chi connectivity index (χ3n) is 5.12. The smallest absolute Gasteiger partial charge is 0.336 e. The quantitative estimate of drug-likeness (QED) is 0.404. The Morgan fingerprint density at radius 1 is 1.06 bits per heavy atom. The van der Waals surface area contributed by atoms with Gasteiger partial charge >= 0.3 is 5.97 Å². The second-order valence-corrected chi connectivity index (χ2v) is 7.60. The molecular formula is C25H21ClN2O3. The van der Waals surface area contributed by atoms with Crippen molar-refractivity contribution >= 4 is 17.6 Å². The van der Waals surface area contributed by atoms with Crippen molar-refractivity contribution in [3.05, 3.63) is 113 Å². The van der Waals surface area contributed by atoms with E-state index in [4.69, 9.17) is 16.3 Å². The van der Waals surface area contributed by atoms with Crippen molar-refractivity contribution in [1.82, 2.24) is 9.55 Å². The summed E-state index contributed by atoms with van der Waals surface area (Å²) in [4.78, 5) is 16.1. The fourth-order valence-corrected chi connectivity index (χ4v) is 3.78. The highest BCUT2D eigenvalue weighted by Crippen LogP contribution is 2.35. The van der Waals surface area contributed by atoms with Gasteiger partial charge in [0.2, 0.25) is 0 Å². The summed E-state index contributed by atoms with van der Waals surface area (Å²) in [7, 11) is 1.90. The number of aromatic nitrogens is 2. The molecule has 1 N–H and O–H groups in total. The Morgan fingerprint density at radius 2 is 1.81 bits per heavy atom. The van der Waals surface area contributed by atoms with Gasteiger partial charge in [-0.2, -0.15) is 0 Å². The number of carboxylic acids is 1. The number of nitrogens with zero attached hydrogens (tertiary/aromatic N) is 2. The molecule has 4 rings (SSSR count). The number of rotatable bonds is 7. The Bertz CT molecular complexity index is 1200. The second kappa shape index (κ2) is 9.16. The monoisotopic (exact) mass is 432 g/mol. The van der Waals surface area contributed by atoms with E-state index in [1.165, 1.54) is 0 Å². The van der Waals surface area contributed by atoms with Crippen molar-refractivity contribution in [3.63, 3.8) is 0 Å². The Labute approximate surface area is 185 Å².